The lowest BCUT2D eigenvalue weighted by molar-refractivity contribution is 0.0593. The molecule has 5 rings (SSSR count). The summed E-state index contributed by atoms with van der Waals surface area (Å²) in [7, 11) is 0. The summed E-state index contributed by atoms with van der Waals surface area (Å²) in [6.45, 7) is 6.82. The van der Waals surface area contributed by atoms with Crippen molar-refractivity contribution in [2.24, 2.45) is 5.92 Å². The Hall–Kier alpha value is -3.56. The minimum atomic E-state index is -0.419. The van der Waals surface area contributed by atoms with Gasteiger partial charge in [-0.25, -0.2) is 4.79 Å². The predicted molar refractivity (Wildman–Crippen MR) is 170 cm³/mol. The number of rotatable bonds is 12. The molecule has 43 heavy (non-hydrogen) atoms. The van der Waals surface area contributed by atoms with Gasteiger partial charge in [-0.1, -0.05) is 72.8 Å². The van der Waals surface area contributed by atoms with Crippen molar-refractivity contribution < 1.29 is 19.4 Å². The monoisotopic (exact) mass is 584 g/mol. The number of benzene rings is 3. The fourth-order valence-corrected chi connectivity index (χ4v) is 5.93. The molecule has 2 aliphatic rings. The Labute approximate surface area is 255 Å². The number of carbonyl (C=O) groups excluding carboxylic acids is 2. The zero-order chi connectivity index (χ0) is 29.9. The van der Waals surface area contributed by atoms with Crippen LogP contribution in [0.25, 0.3) is 11.1 Å². The van der Waals surface area contributed by atoms with Gasteiger partial charge in [0.15, 0.2) is 5.78 Å². The van der Waals surface area contributed by atoms with Gasteiger partial charge in [0, 0.05) is 50.5 Å². The van der Waals surface area contributed by atoms with Crippen LogP contribution < -0.4 is 10.6 Å². The standard InChI is InChI=1S/C35H44N4O4/c40-26-28-14-19-39(20-15-28)25-27-10-12-30(13-11-27)34(41)24-36-18-23-38-21-16-31(17-22-38)43-35(42)37-33-9-5-4-8-32(33)29-6-2-1-3-7-29/h1-13,28,31,36,40H,14-26H2,(H,37,42). The zero-order valence-electron chi connectivity index (χ0n) is 24.9. The first-order valence-electron chi connectivity index (χ1n) is 15.6. The number of aliphatic hydroxyl groups excluding tert-OH is 1. The van der Waals surface area contributed by atoms with Crippen molar-refractivity contribution in [2.75, 3.05) is 57.7 Å². The molecule has 0 radical (unpaired) electrons. The van der Waals surface area contributed by atoms with Crippen LogP contribution in [0.4, 0.5) is 10.5 Å². The number of anilines is 1. The van der Waals surface area contributed by atoms with E-state index in [0.29, 0.717) is 19.1 Å². The van der Waals surface area contributed by atoms with E-state index in [2.05, 4.69) is 32.6 Å². The summed E-state index contributed by atoms with van der Waals surface area (Å²) in [6, 6.07) is 25.7. The van der Waals surface area contributed by atoms with E-state index in [9.17, 15) is 14.7 Å². The number of para-hydroxylation sites is 1. The van der Waals surface area contributed by atoms with Crippen LogP contribution in [0.15, 0.2) is 78.9 Å². The average molecular weight is 585 g/mol. The second-order valence-electron chi connectivity index (χ2n) is 11.7. The molecule has 0 unspecified atom stereocenters. The fourth-order valence-electron chi connectivity index (χ4n) is 5.93. The number of hydrogen-bond acceptors (Lipinski definition) is 7. The molecule has 0 atom stereocenters. The molecule has 0 bridgehead atoms. The number of amides is 1. The number of likely N-dealkylation sites (tertiary alicyclic amines) is 2. The molecule has 8 nitrogen and oxygen atoms in total. The Morgan fingerprint density at radius 1 is 0.814 bits per heavy atom. The number of piperidine rings is 2. The van der Waals surface area contributed by atoms with Gasteiger partial charge in [-0.3, -0.25) is 15.0 Å². The molecule has 2 heterocycles. The van der Waals surface area contributed by atoms with Gasteiger partial charge in [-0.2, -0.15) is 0 Å². The summed E-state index contributed by atoms with van der Waals surface area (Å²) in [5.74, 6) is 0.542. The zero-order valence-corrected chi connectivity index (χ0v) is 24.9. The summed E-state index contributed by atoms with van der Waals surface area (Å²) in [5.41, 5.74) is 4.69. The van der Waals surface area contributed by atoms with Crippen molar-refractivity contribution in [1.29, 1.82) is 0 Å². The van der Waals surface area contributed by atoms with Gasteiger partial charge in [0.05, 0.1) is 12.2 Å². The van der Waals surface area contributed by atoms with Gasteiger partial charge < -0.3 is 20.1 Å². The molecular formula is C35H44N4O4. The molecule has 0 aliphatic carbocycles. The first-order valence-corrected chi connectivity index (χ1v) is 15.6. The molecule has 3 N–H and O–H groups in total. The van der Waals surface area contributed by atoms with Crippen LogP contribution in [-0.2, 0) is 11.3 Å². The Bertz CT molecular complexity index is 1300. The van der Waals surface area contributed by atoms with E-state index in [4.69, 9.17) is 4.74 Å². The number of aliphatic hydroxyl groups is 1. The minimum absolute atomic E-state index is 0.0993. The molecule has 8 heteroatoms. The Morgan fingerprint density at radius 2 is 1.49 bits per heavy atom. The molecule has 228 valence electrons. The largest absolute Gasteiger partial charge is 0.446 e. The van der Waals surface area contributed by atoms with Crippen LogP contribution in [0.2, 0.25) is 0 Å². The van der Waals surface area contributed by atoms with Gasteiger partial charge in [0.25, 0.3) is 0 Å². The number of ketones is 1. The van der Waals surface area contributed by atoms with E-state index in [-0.39, 0.29) is 11.9 Å². The van der Waals surface area contributed by atoms with Crippen LogP contribution in [0.1, 0.15) is 41.6 Å². The van der Waals surface area contributed by atoms with Crippen LogP contribution in [0, 0.1) is 5.92 Å². The lowest BCUT2D eigenvalue weighted by Crippen LogP contribution is -2.42. The highest BCUT2D eigenvalue weighted by Crippen LogP contribution is 2.28. The SMILES string of the molecule is O=C(Nc1ccccc1-c1ccccc1)OC1CCN(CCNCC(=O)c2ccc(CN3CCC(CO)CC3)cc2)CC1. The quantitative estimate of drug-likeness (QED) is 0.203. The molecule has 2 saturated heterocycles. The Balaban J connectivity index is 0.963. The molecule has 3 aromatic rings. The lowest BCUT2D eigenvalue weighted by atomic mass is 9.97. The lowest BCUT2D eigenvalue weighted by Gasteiger charge is -2.31. The van der Waals surface area contributed by atoms with Gasteiger partial charge in [0.2, 0.25) is 0 Å². The summed E-state index contributed by atoms with van der Waals surface area (Å²) >= 11 is 0. The van der Waals surface area contributed by atoms with Crippen molar-refractivity contribution in [3.8, 4) is 11.1 Å². The smallest absolute Gasteiger partial charge is 0.411 e. The highest BCUT2D eigenvalue weighted by atomic mass is 16.6. The predicted octanol–water partition coefficient (Wildman–Crippen LogP) is 5.04. The molecule has 3 aromatic carbocycles. The number of ether oxygens (including phenoxy) is 1. The van der Waals surface area contributed by atoms with Crippen LogP contribution in [-0.4, -0.2) is 85.3 Å². The van der Waals surface area contributed by atoms with E-state index in [1.165, 1.54) is 5.56 Å². The van der Waals surface area contributed by atoms with Crippen molar-refractivity contribution in [3.05, 3.63) is 90.0 Å². The fraction of sp³-hybridized carbons (Fsp3) is 0.429. The number of hydrogen-bond donors (Lipinski definition) is 3. The molecule has 0 spiro atoms. The summed E-state index contributed by atoms with van der Waals surface area (Å²) in [4.78, 5) is 30.1. The van der Waals surface area contributed by atoms with Gasteiger partial charge in [-0.05, 0) is 61.9 Å². The van der Waals surface area contributed by atoms with E-state index in [1.54, 1.807) is 0 Å². The third-order valence-corrected chi connectivity index (χ3v) is 8.59. The first-order chi connectivity index (χ1) is 21.1. The maximum Gasteiger partial charge on any atom is 0.411 e. The number of nitrogens with zero attached hydrogens (tertiary/aromatic N) is 2. The maximum absolute atomic E-state index is 12.7. The maximum atomic E-state index is 12.7. The van der Waals surface area contributed by atoms with Crippen molar-refractivity contribution in [2.45, 2.75) is 38.3 Å². The van der Waals surface area contributed by atoms with E-state index in [1.807, 2.05) is 66.7 Å². The second kappa shape index (κ2) is 15.8. The van der Waals surface area contributed by atoms with Crippen molar-refractivity contribution in [3.63, 3.8) is 0 Å². The van der Waals surface area contributed by atoms with Crippen LogP contribution in [0.3, 0.4) is 0 Å². The molecule has 1 amide bonds. The Kier molecular flexibility index (Phi) is 11.3. The second-order valence-corrected chi connectivity index (χ2v) is 11.7. The highest BCUT2D eigenvalue weighted by Gasteiger charge is 2.23. The average Bonchev–Trinajstić information content (AvgIpc) is 3.05. The number of carbonyl (C=O) groups is 2. The number of Topliss-reactive ketones (excluding diaryl/α,β-unsaturated/α-hetero) is 1. The number of nitrogens with one attached hydrogen (secondary N) is 2. The van der Waals surface area contributed by atoms with Gasteiger partial charge in [0.1, 0.15) is 6.10 Å². The molecule has 0 saturated carbocycles. The third-order valence-electron chi connectivity index (χ3n) is 8.59. The third kappa shape index (κ3) is 9.21. The summed E-state index contributed by atoms with van der Waals surface area (Å²) in [5, 5.41) is 15.6. The van der Waals surface area contributed by atoms with E-state index >= 15 is 0 Å². The normalized spacial score (nSPS) is 17.0. The van der Waals surface area contributed by atoms with Gasteiger partial charge >= 0.3 is 6.09 Å². The molecule has 2 aliphatic heterocycles. The highest BCUT2D eigenvalue weighted by molar-refractivity contribution is 5.97. The topological polar surface area (TPSA) is 94.1 Å². The molecular weight excluding hydrogens is 540 g/mol. The molecule has 0 aromatic heterocycles. The Morgan fingerprint density at radius 3 is 2.21 bits per heavy atom. The van der Waals surface area contributed by atoms with Crippen molar-refractivity contribution in [1.82, 2.24) is 15.1 Å². The minimum Gasteiger partial charge on any atom is -0.446 e. The van der Waals surface area contributed by atoms with Crippen LogP contribution >= 0.6 is 0 Å². The van der Waals surface area contributed by atoms with Crippen LogP contribution in [0.5, 0.6) is 0 Å². The summed E-state index contributed by atoms with van der Waals surface area (Å²) in [6.07, 6.45) is 3.15. The van der Waals surface area contributed by atoms with Crippen molar-refractivity contribution >= 4 is 17.6 Å². The van der Waals surface area contributed by atoms with Gasteiger partial charge in [-0.15, -0.1) is 0 Å². The summed E-state index contributed by atoms with van der Waals surface area (Å²) < 4.78 is 5.75. The first kappa shape index (κ1) is 30.9. The molecule has 2 fully saturated rings. The van der Waals surface area contributed by atoms with E-state index in [0.717, 1.165) is 93.9 Å². The van der Waals surface area contributed by atoms with E-state index < -0.39 is 6.09 Å².